The predicted octanol–water partition coefficient (Wildman–Crippen LogP) is 15.8. The smallest absolute Gasteiger partial charge is 0.120 e. The van der Waals surface area contributed by atoms with Gasteiger partial charge in [-0.3, -0.25) is 0 Å². The molecule has 0 amide bonds. The molecule has 0 saturated heterocycles. The Morgan fingerprint density at radius 2 is 0.420 bits per heavy atom. The summed E-state index contributed by atoms with van der Waals surface area (Å²) in [5, 5.41) is 15.7. The van der Waals surface area contributed by atoms with Crippen LogP contribution in [0.5, 0.6) is 11.5 Å². The molecule has 0 aliphatic rings. The topological polar surface area (TPSA) is 18.5 Å². The molecule has 13 rings (SSSR count). The van der Waals surface area contributed by atoms with Gasteiger partial charge in [-0.1, -0.05) is 314 Å². The zero-order valence-electron chi connectivity index (χ0n) is 49.4. The highest BCUT2D eigenvalue weighted by Gasteiger charge is 2.28. The fourth-order valence-electron chi connectivity index (χ4n) is 11.5. The number of aryl methyl sites for hydroxylation is 2. The van der Waals surface area contributed by atoms with Gasteiger partial charge in [0, 0.05) is 0 Å². The van der Waals surface area contributed by atoms with Gasteiger partial charge in [0.2, 0.25) is 0 Å². The van der Waals surface area contributed by atoms with Crippen LogP contribution in [0.1, 0.15) is 22.3 Å². The maximum Gasteiger partial charge on any atom is 0.120 e. The van der Waals surface area contributed by atoms with Crippen molar-refractivity contribution < 1.29 is 9.47 Å². The first-order valence-electron chi connectivity index (χ1n) is 29.9. The van der Waals surface area contributed by atoms with Gasteiger partial charge in [-0.25, -0.2) is 0 Å². The van der Waals surface area contributed by atoms with E-state index in [0.29, 0.717) is 13.2 Å². The lowest BCUT2D eigenvalue weighted by molar-refractivity contribution is 0.303. The van der Waals surface area contributed by atoms with Gasteiger partial charge in [-0.15, -0.1) is 0 Å². The van der Waals surface area contributed by atoms with Gasteiger partial charge in [0.1, 0.15) is 24.7 Å². The Morgan fingerprint density at radius 1 is 0.216 bits per heavy atom. The van der Waals surface area contributed by atoms with E-state index < -0.39 is 31.7 Å². The molecule has 13 aromatic rings. The molecule has 0 aliphatic heterocycles. The van der Waals surface area contributed by atoms with Gasteiger partial charge in [0.25, 0.3) is 0 Å². The van der Waals surface area contributed by atoms with E-state index in [-0.39, 0.29) is 0 Å². The lowest BCUT2D eigenvalue weighted by Gasteiger charge is -2.27. The fourth-order valence-corrected chi connectivity index (χ4v) is 21.3. The minimum atomic E-state index is -0.951. The molecular formula is C82H66O2P4. The second-order valence-electron chi connectivity index (χ2n) is 21.8. The third-order valence-corrected chi connectivity index (χ3v) is 25.7. The fraction of sp³-hybridized carbons (Fsp3) is 0.0488. The van der Waals surface area contributed by atoms with Crippen molar-refractivity contribution in [2.45, 2.75) is 27.1 Å². The van der Waals surface area contributed by atoms with Crippen molar-refractivity contribution in [1.29, 1.82) is 0 Å². The summed E-state index contributed by atoms with van der Waals surface area (Å²) in [4.78, 5) is 0. The van der Waals surface area contributed by atoms with Crippen LogP contribution in [0.3, 0.4) is 0 Å². The second kappa shape index (κ2) is 27.9. The molecule has 0 spiro atoms. The number of ether oxygens (including phenoxy) is 2. The van der Waals surface area contributed by atoms with Crippen molar-refractivity contribution in [3.8, 4) is 33.8 Å². The summed E-state index contributed by atoms with van der Waals surface area (Å²) in [6.45, 7) is 5.25. The predicted molar refractivity (Wildman–Crippen MR) is 383 cm³/mol. The van der Waals surface area contributed by atoms with Crippen LogP contribution in [0, 0.1) is 13.8 Å². The van der Waals surface area contributed by atoms with Crippen LogP contribution in [0.25, 0.3) is 22.3 Å². The summed E-state index contributed by atoms with van der Waals surface area (Å²) in [6.07, 6.45) is 0. The summed E-state index contributed by atoms with van der Waals surface area (Å²) in [5.41, 5.74) is 9.47. The van der Waals surface area contributed by atoms with Crippen molar-refractivity contribution in [2.24, 2.45) is 0 Å². The third-order valence-electron chi connectivity index (χ3n) is 15.7. The zero-order chi connectivity index (χ0) is 59.4. The Kier molecular flexibility index (Phi) is 18.5. The monoisotopic (exact) mass is 1210 g/mol. The van der Waals surface area contributed by atoms with E-state index in [4.69, 9.17) is 9.47 Å². The molecule has 0 N–H and O–H groups in total. The molecule has 6 heteroatoms. The van der Waals surface area contributed by atoms with Crippen LogP contribution in [0.2, 0.25) is 0 Å². The molecule has 0 aromatic heterocycles. The highest BCUT2D eigenvalue weighted by atomic mass is 31.1. The van der Waals surface area contributed by atoms with E-state index in [2.05, 4.69) is 354 Å². The van der Waals surface area contributed by atoms with E-state index in [0.717, 1.165) is 22.6 Å². The Bertz CT molecular complexity index is 3940. The van der Waals surface area contributed by atoms with Crippen LogP contribution < -0.4 is 73.1 Å². The van der Waals surface area contributed by atoms with E-state index in [1.54, 1.807) is 0 Å². The van der Waals surface area contributed by atoms with E-state index in [1.807, 2.05) is 0 Å². The zero-order valence-corrected chi connectivity index (χ0v) is 52.9. The molecule has 0 radical (unpaired) electrons. The summed E-state index contributed by atoms with van der Waals surface area (Å²) in [7, 11) is -3.74. The summed E-state index contributed by atoms with van der Waals surface area (Å²) in [5.74, 6) is 1.66. The first-order chi connectivity index (χ1) is 43.5. The van der Waals surface area contributed by atoms with Gasteiger partial charge >= 0.3 is 0 Å². The van der Waals surface area contributed by atoms with Crippen molar-refractivity contribution in [1.82, 2.24) is 0 Å². The third kappa shape index (κ3) is 13.3. The van der Waals surface area contributed by atoms with Gasteiger partial charge in [-0.2, -0.15) is 0 Å². The lowest BCUT2D eigenvalue weighted by Crippen LogP contribution is -2.26. The van der Waals surface area contributed by atoms with Crippen LogP contribution in [-0.4, -0.2) is 0 Å². The summed E-state index contributed by atoms with van der Waals surface area (Å²) in [6, 6.07) is 125. The molecule has 0 unspecified atom stereocenters. The van der Waals surface area contributed by atoms with Gasteiger partial charge in [0.15, 0.2) is 0 Å². The van der Waals surface area contributed by atoms with Crippen molar-refractivity contribution in [2.75, 3.05) is 0 Å². The highest BCUT2D eigenvalue weighted by Crippen LogP contribution is 2.45. The standard InChI is InChI=1S/C82H66O2P4/c1-61-43-51-79(85(67-27-11-3-12-28-67)68-29-13-4-14-30-68)75(55-61)77-57-65(49-53-81(77)87(71-35-19-7-20-36-71)72-37-21-8-22-38-72)83-59-63-45-47-64(48-46-63)60-84-66-50-54-82(88(73-39-23-9-24-40-73)74-41-25-10-26-42-74)78(58-66)76-56-62(2)44-52-80(76)86(69-31-15-5-16-32-69)70-33-17-6-18-34-70/h3-58H,59-60H2,1-2H3. The van der Waals surface area contributed by atoms with E-state index in [9.17, 15) is 0 Å². The minimum absolute atomic E-state index is 0.414. The van der Waals surface area contributed by atoms with Crippen LogP contribution in [0.15, 0.2) is 340 Å². The molecule has 2 nitrogen and oxygen atoms in total. The van der Waals surface area contributed by atoms with Crippen molar-refractivity contribution in [3.63, 3.8) is 0 Å². The van der Waals surface area contributed by atoms with Crippen molar-refractivity contribution in [3.05, 3.63) is 362 Å². The number of hydrogen-bond donors (Lipinski definition) is 0. The summed E-state index contributed by atoms with van der Waals surface area (Å²) < 4.78 is 13.8. The molecule has 0 fully saturated rings. The molecule has 0 aliphatic carbocycles. The first-order valence-corrected chi connectivity index (χ1v) is 35.3. The number of rotatable bonds is 20. The Hall–Kier alpha value is -8.82. The molecule has 0 bridgehead atoms. The molecular weight excluding hydrogens is 1140 g/mol. The van der Waals surface area contributed by atoms with Crippen LogP contribution in [-0.2, 0) is 13.2 Å². The van der Waals surface area contributed by atoms with Crippen LogP contribution >= 0.6 is 31.7 Å². The maximum atomic E-state index is 6.89. The lowest BCUT2D eigenvalue weighted by atomic mass is 10.0. The van der Waals surface area contributed by atoms with E-state index >= 15 is 0 Å². The quantitative estimate of drug-likeness (QED) is 0.0708. The van der Waals surface area contributed by atoms with Gasteiger partial charge in [-0.05, 0) is 179 Å². The molecule has 88 heavy (non-hydrogen) atoms. The SMILES string of the molecule is Cc1ccc(P(c2ccccc2)c2ccccc2)c(-c2cc(OCc3ccc(COc4ccc(P(c5ccccc5)c5ccccc5)c(-c5cc(C)ccc5P(c5ccccc5)c5ccccc5)c4)cc3)ccc2P(c2ccccc2)c2ccccc2)c1. The first kappa shape index (κ1) is 58.2. The summed E-state index contributed by atoms with van der Waals surface area (Å²) >= 11 is 0. The van der Waals surface area contributed by atoms with Gasteiger partial charge < -0.3 is 9.47 Å². The molecule has 0 atom stereocenters. The second-order valence-corrected chi connectivity index (χ2v) is 30.6. The average molecular weight is 1210 g/mol. The average Bonchev–Trinajstić information content (AvgIpc) is 1.62. The van der Waals surface area contributed by atoms with Crippen LogP contribution in [0.4, 0.5) is 0 Å². The Balaban J connectivity index is 0.832. The van der Waals surface area contributed by atoms with Crippen molar-refractivity contribution >= 4 is 95.3 Å². The normalized spacial score (nSPS) is 11.3. The molecule has 13 aromatic carbocycles. The largest absolute Gasteiger partial charge is 0.489 e. The van der Waals surface area contributed by atoms with Gasteiger partial charge in [0.05, 0.1) is 0 Å². The molecule has 426 valence electrons. The Labute approximate surface area is 524 Å². The van der Waals surface area contributed by atoms with E-state index in [1.165, 1.54) is 97.0 Å². The Morgan fingerprint density at radius 3 is 0.648 bits per heavy atom. The number of benzene rings is 13. The molecule has 0 heterocycles. The minimum Gasteiger partial charge on any atom is -0.489 e. The maximum absolute atomic E-state index is 6.89. The molecule has 0 saturated carbocycles. The highest BCUT2D eigenvalue weighted by molar-refractivity contribution is 7.81. The number of hydrogen-bond acceptors (Lipinski definition) is 2.